The molecule has 1 amide bonds. The van der Waals surface area contributed by atoms with Crippen LogP contribution in [0.5, 0.6) is 0 Å². The van der Waals surface area contributed by atoms with Gasteiger partial charge in [0.05, 0.1) is 22.6 Å². The van der Waals surface area contributed by atoms with Crippen molar-refractivity contribution in [2.75, 3.05) is 26.2 Å². The summed E-state index contributed by atoms with van der Waals surface area (Å²) in [4.78, 5) is 17.4. The van der Waals surface area contributed by atoms with Gasteiger partial charge in [-0.05, 0) is 45.9 Å². The van der Waals surface area contributed by atoms with Crippen molar-refractivity contribution < 1.29 is 4.79 Å². The molecule has 6 heteroatoms. The van der Waals surface area contributed by atoms with Crippen molar-refractivity contribution >= 4 is 17.5 Å². The van der Waals surface area contributed by atoms with E-state index < -0.39 is 0 Å². The summed E-state index contributed by atoms with van der Waals surface area (Å²) in [7, 11) is 0. The van der Waals surface area contributed by atoms with E-state index in [4.69, 9.17) is 11.6 Å². The number of amides is 1. The van der Waals surface area contributed by atoms with E-state index in [1.165, 1.54) is 0 Å². The maximum atomic E-state index is 13.1. The standard InChI is InChI=1S/C19H25ClN4O/c1-13(2)22-8-10-23(11-9-22)19(25)18-14(3)21-24(15(18)4)17-7-5-6-16(20)12-17/h5-7,12-13H,8-11H2,1-4H3. The fourth-order valence-corrected chi connectivity index (χ4v) is 3.60. The summed E-state index contributed by atoms with van der Waals surface area (Å²) in [6, 6.07) is 8.04. The van der Waals surface area contributed by atoms with Gasteiger partial charge in [-0.3, -0.25) is 9.69 Å². The molecule has 1 aliphatic rings. The molecule has 0 atom stereocenters. The minimum Gasteiger partial charge on any atom is -0.336 e. The van der Waals surface area contributed by atoms with Gasteiger partial charge in [0.15, 0.2) is 0 Å². The number of hydrogen-bond acceptors (Lipinski definition) is 3. The average molecular weight is 361 g/mol. The van der Waals surface area contributed by atoms with E-state index >= 15 is 0 Å². The number of nitrogens with zero attached hydrogens (tertiary/aromatic N) is 4. The molecular weight excluding hydrogens is 336 g/mol. The highest BCUT2D eigenvalue weighted by Gasteiger charge is 2.27. The molecule has 1 aromatic carbocycles. The smallest absolute Gasteiger partial charge is 0.257 e. The Hall–Kier alpha value is -1.85. The summed E-state index contributed by atoms with van der Waals surface area (Å²) in [5.41, 5.74) is 3.19. The van der Waals surface area contributed by atoms with E-state index in [1.807, 2.05) is 43.0 Å². The Bertz CT molecular complexity index is 776. The third-order valence-electron chi connectivity index (χ3n) is 4.89. The Kier molecular flexibility index (Phi) is 5.16. The second-order valence-corrected chi connectivity index (χ2v) is 7.30. The highest BCUT2D eigenvalue weighted by atomic mass is 35.5. The molecule has 1 aromatic heterocycles. The summed E-state index contributed by atoms with van der Waals surface area (Å²) in [6.45, 7) is 11.6. The SMILES string of the molecule is Cc1nn(-c2cccc(Cl)c2)c(C)c1C(=O)N1CCN(C(C)C)CC1. The van der Waals surface area contributed by atoms with E-state index in [1.54, 1.807) is 4.68 Å². The van der Waals surface area contributed by atoms with Crippen LogP contribution in [0.15, 0.2) is 24.3 Å². The highest BCUT2D eigenvalue weighted by Crippen LogP contribution is 2.22. The first-order chi connectivity index (χ1) is 11.9. The van der Waals surface area contributed by atoms with Gasteiger partial charge >= 0.3 is 0 Å². The Labute approximate surface area is 154 Å². The topological polar surface area (TPSA) is 41.4 Å². The van der Waals surface area contributed by atoms with Crippen LogP contribution in [-0.2, 0) is 0 Å². The van der Waals surface area contributed by atoms with Gasteiger partial charge in [0.25, 0.3) is 5.91 Å². The monoisotopic (exact) mass is 360 g/mol. The molecule has 2 heterocycles. The Morgan fingerprint density at radius 1 is 1.16 bits per heavy atom. The normalized spacial score (nSPS) is 15.8. The van der Waals surface area contributed by atoms with Crippen molar-refractivity contribution in [3.63, 3.8) is 0 Å². The Morgan fingerprint density at radius 3 is 2.44 bits per heavy atom. The number of hydrogen-bond donors (Lipinski definition) is 0. The molecule has 3 rings (SSSR count). The third-order valence-corrected chi connectivity index (χ3v) is 5.12. The number of rotatable bonds is 3. The quantitative estimate of drug-likeness (QED) is 0.843. The van der Waals surface area contributed by atoms with E-state index in [0.29, 0.717) is 16.6 Å². The Morgan fingerprint density at radius 2 is 1.84 bits per heavy atom. The van der Waals surface area contributed by atoms with Crippen LogP contribution in [0.3, 0.4) is 0 Å². The zero-order chi connectivity index (χ0) is 18.1. The van der Waals surface area contributed by atoms with Gasteiger partial charge in [-0.2, -0.15) is 5.10 Å². The van der Waals surface area contributed by atoms with Gasteiger partial charge in [-0.1, -0.05) is 17.7 Å². The van der Waals surface area contributed by atoms with Gasteiger partial charge in [0.2, 0.25) is 0 Å². The van der Waals surface area contributed by atoms with Crippen LogP contribution in [0.4, 0.5) is 0 Å². The first-order valence-corrected chi connectivity index (χ1v) is 9.11. The predicted molar refractivity (Wildman–Crippen MR) is 101 cm³/mol. The molecule has 0 aliphatic carbocycles. The molecule has 5 nitrogen and oxygen atoms in total. The summed E-state index contributed by atoms with van der Waals surface area (Å²) >= 11 is 6.10. The number of aromatic nitrogens is 2. The number of carbonyl (C=O) groups excluding carboxylic acids is 1. The summed E-state index contributed by atoms with van der Waals surface area (Å²) in [5.74, 6) is 0.0756. The molecule has 1 aliphatic heterocycles. The average Bonchev–Trinajstić information content (AvgIpc) is 2.89. The number of carbonyl (C=O) groups is 1. The number of aryl methyl sites for hydroxylation is 1. The fourth-order valence-electron chi connectivity index (χ4n) is 3.41. The van der Waals surface area contributed by atoms with Crippen LogP contribution in [-0.4, -0.2) is 57.7 Å². The van der Waals surface area contributed by atoms with E-state index in [2.05, 4.69) is 23.8 Å². The first kappa shape index (κ1) is 18.0. The third kappa shape index (κ3) is 3.58. The number of halogens is 1. The zero-order valence-electron chi connectivity index (χ0n) is 15.3. The van der Waals surface area contributed by atoms with Crippen LogP contribution < -0.4 is 0 Å². The van der Waals surface area contributed by atoms with Crippen molar-refractivity contribution in [2.24, 2.45) is 0 Å². The van der Waals surface area contributed by atoms with Gasteiger partial charge in [-0.15, -0.1) is 0 Å². The molecule has 1 saturated heterocycles. The van der Waals surface area contributed by atoms with E-state index in [-0.39, 0.29) is 5.91 Å². The molecular formula is C19H25ClN4O. The zero-order valence-corrected chi connectivity index (χ0v) is 16.0. The van der Waals surface area contributed by atoms with Crippen molar-refractivity contribution in [1.82, 2.24) is 19.6 Å². The summed E-state index contributed by atoms with van der Waals surface area (Å²) in [6.07, 6.45) is 0. The van der Waals surface area contributed by atoms with Gasteiger partial charge in [0.1, 0.15) is 0 Å². The van der Waals surface area contributed by atoms with E-state index in [9.17, 15) is 4.79 Å². The lowest BCUT2D eigenvalue weighted by Crippen LogP contribution is -2.50. The van der Waals surface area contributed by atoms with Crippen LogP contribution in [0, 0.1) is 13.8 Å². The molecule has 0 bridgehead atoms. The van der Waals surface area contributed by atoms with Gasteiger partial charge in [-0.25, -0.2) is 4.68 Å². The molecule has 134 valence electrons. The minimum atomic E-state index is 0.0756. The molecule has 25 heavy (non-hydrogen) atoms. The van der Waals surface area contributed by atoms with Crippen molar-refractivity contribution in [3.8, 4) is 5.69 Å². The molecule has 0 N–H and O–H groups in total. The molecule has 0 unspecified atom stereocenters. The number of benzene rings is 1. The van der Waals surface area contributed by atoms with Crippen molar-refractivity contribution in [2.45, 2.75) is 33.7 Å². The molecule has 1 fully saturated rings. The predicted octanol–water partition coefficient (Wildman–Crippen LogP) is 3.31. The largest absolute Gasteiger partial charge is 0.336 e. The first-order valence-electron chi connectivity index (χ1n) is 8.74. The minimum absolute atomic E-state index is 0.0756. The summed E-state index contributed by atoms with van der Waals surface area (Å²) < 4.78 is 1.80. The second-order valence-electron chi connectivity index (χ2n) is 6.86. The van der Waals surface area contributed by atoms with Crippen molar-refractivity contribution in [1.29, 1.82) is 0 Å². The van der Waals surface area contributed by atoms with Crippen molar-refractivity contribution in [3.05, 3.63) is 46.2 Å². The lowest BCUT2D eigenvalue weighted by Gasteiger charge is -2.37. The fraction of sp³-hybridized carbons (Fsp3) is 0.474. The maximum absolute atomic E-state index is 13.1. The second kappa shape index (κ2) is 7.18. The molecule has 0 saturated carbocycles. The highest BCUT2D eigenvalue weighted by molar-refractivity contribution is 6.30. The van der Waals surface area contributed by atoms with Crippen LogP contribution >= 0.6 is 11.6 Å². The van der Waals surface area contributed by atoms with E-state index in [0.717, 1.165) is 43.3 Å². The molecule has 2 aromatic rings. The summed E-state index contributed by atoms with van der Waals surface area (Å²) in [5, 5.41) is 5.24. The molecule has 0 radical (unpaired) electrons. The van der Waals surface area contributed by atoms with Crippen LogP contribution in [0.1, 0.15) is 35.6 Å². The van der Waals surface area contributed by atoms with Gasteiger partial charge in [0, 0.05) is 37.2 Å². The Balaban J connectivity index is 1.85. The lowest BCUT2D eigenvalue weighted by molar-refractivity contribution is 0.0594. The van der Waals surface area contributed by atoms with Gasteiger partial charge < -0.3 is 4.90 Å². The maximum Gasteiger partial charge on any atom is 0.257 e. The van der Waals surface area contributed by atoms with Crippen LogP contribution in [0.25, 0.3) is 5.69 Å². The number of piperazine rings is 1. The lowest BCUT2D eigenvalue weighted by atomic mass is 10.1. The molecule has 0 spiro atoms. The van der Waals surface area contributed by atoms with Crippen LogP contribution in [0.2, 0.25) is 5.02 Å².